The van der Waals surface area contributed by atoms with Gasteiger partial charge < -0.3 is 11.1 Å². The SMILES string of the molecule is Cc1cc(C(C)NC(=O)CC(C)CN)c(C)s1. The quantitative estimate of drug-likeness (QED) is 0.848. The largest absolute Gasteiger partial charge is 0.350 e. The van der Waals surface area contributed by atoms with Crippen molar-refractivity contribution in [1.29, 1.82) is 0 Å². The fourth-order valence-electron chi connectivity index (χ4n) is 1.86. The van der Waals surface area contributed by atoms with E-state index >= 15 is 0 Å². The Kier molecular flexibility index (Phi) is 5.15. The molecule has 0 bridgehead atoms. The average Bonchev–Trinajstić information content (AvgIpc) is 2.57. The molecule has 17 heavy (non-hydrogen) atoms. The van der Waals surface area contributed by atoms with E-state index in [0.29, 0.717) is 13.0 Å². The van der Waals surface area contributed by atoms with Gasteiger partial charge in [0.2, 0.25) is 5.91 Å². The highest BCUT2D eigenvalue weighted by molar-refractivity contribution is 7.12. The van der Waals surface area contributed by atoms with Gasteiger partial charge in [0.15, 0.2) is 0 Å². The van der Waals surface area contributed by atoms with E-state index < -0.39 is 0 Å². The van der Waals surface area contributed by atoms with Crippen molar-refractivity contribution in [1.82, 2.24) is 5.32 Å². The zero-order valence-corrected chi connectivity index (χ0v) is 11.9. The highest BCUT2D eigenvalue weighted by atomic mass is 32.1. The van der Waals surface area contributed by atoms with Crippen LogP contribution in [0.15, 0.2) is 6.07 Å². The van der Waals surface area contributed by atoms with E-state index in [1.54, 1.807) is 11.3 Å². The maximum Gasteiger partial charge on any atom is 0.220 e. The number of carbonyl (C=O) groups is 1. The zero-order chi connectivity index (χ0) is 13.0. The van der Waals surface area contributed by atoms with Crippen molar-refractivity contribution in [3.63, 3.8) is 0 Å². The standard InChI is InChI=1S/C13H22N2OS/c1-8(7-14)5-13(16)15-10(3)12-6-9(2)17-11(12)4/h6,8,10H,5,7,14H2,1-4H3,(H,15,16). The van der Waals surface area contributed by atoms with Crippen molar-refractivity contribution in [2.75, 3.05) is 6.54 Å². The van der Waals surface area contributed by atoms with E-state index in [9.17, 15) is 4.79 Å². The Morgan fingerprint density at radius 3 is 2.59 bits per heavy atom. The molecule has 1 aromatic rings. The van der Waals surface area contributed by atoms with E-state index in [1.807, 2.05) is 13.8 Å². The number of aryl methyl sites for hydroxylation is 2. The van der Waals surface area contributed by atoms with Crippen LogP contribution in [0.1, 0.15) is 41.6 Å². The van der Waals surface area contributed by atoms with E-state index in [4.69, 9.17) is 5.73 Å². The number of amides is 1. The molecule has 0 aliphatic carbocycles. The molecule has 0 spiro atoms. The highest BCUT2D eigenvalue weighted by Gasteiger charge is 2.15. The maximum absolute atomic E-state index is 11.8. The second-order valence-electron chi connectivity index (χ2n) is 4.70. The lowest BCUT2D eigenvalue weighted by Crippen LogP contribution is -2.29. The Labute approximate surface area is 107 Å². The molecule has 0 radical (unpaired) electrons. The third-order valence-electron chi connectivity index (χ3n) is 2.86. The van der Waals surface area contributed by atoms with Gasteiger partial charge in [0.1, 0.15) is 0 Å². The Hall–Kier alpha value is -0.870. The smallest absolute Gasteiger partial charge is 0.220 e. The van der Waals surface area contributed by atoms with Crippen LogP contribution in [-0.4, -0.2) is 12.5 Å². The molecular formula is C13H22N2OS. The minimum atomic E-state index is 0.0809. The average molecular weight is 254 g/mol. The number of rotatable bonds is 5. The second-order valence-corrected chi connectivity index (χ2v) is 6.16. The fraction of sp³-hybridized carbons (Fsp3) is 0.615. The van der Waals surface area contributed by atoms with Gasteiger partial charge in [-0.15, -0.1) is 11.3 Å². The summed E-state index contributed by atoms with van der Waals surface area (Å²) in [5, 5.41) is 3.03. The summed E-state index contributed by atoms with van der Waals surface area (Å²) in [6.07, 6.45) is 0.503. The first-order valence-electron chi connectivity index (χ1n) is 6.00. The molecule has 0 saturated carbocycles. The van der Waals surface area contributed by atoms with E-state index in [1.165, 1.54) is 15.3 Å². The minimum Gasteiger partial charge on any atom is -0.350 e. The second kappa shape index (κ2) is 6.17. The van der Waals surface area contributed by atoms with Gasteiger partial charge in [-0.2, -0.15) is 0 Å². The van der Waals surface area contributed by atoms with Gasteiger partial charge in [0.25, 0.3) is 0 Å². The van der Waals surface area contributed by atoms with Crippen LogP contribution in [0, 0.1) is 19.8 Å². The molecular weight excluding hydrogens is 232 g/mol. The summed E-state index contributed by atoms with van der Waals surface area (Å²) in [4.78, 5) is 14.3. The molecule has 1 amide bonds. The molecule has 2 atom stereocenters. The monoisotopic (exact) mass is 254 g/mol. The molecule has 0 saturated heterocycles. The Balaban J connectivity index is 2.57. The van der Waals surface area contributed by atoms with Gasteiger partial charge >= 0.3 is 0 Å². The van der Waals surface area contributed by atoms with Gasteiger partial charge in [0.05, 0.1) is 6.04 Å². The lowest BCUT2D eigenvalue weighted by molar-refractivity contribution is -0.122. The first-order valence-corrected chi connectivity index (χ1v) is 6.82. The third kappa shape index (κ3) is 4.13. The molecule has 1 rings (SSSR count). The Morgan fingerprint density at radius 2 is 2.12 bits per heavy atom. The van der Waals surface area contributed by atoms with Crippen LogP contribution in [0.2, 0.25) is 0 Å². The number of hydrogen-bond acceptors (Lipinski definition) is 3. The van der Waals surface area contributed by atoms with Crippen molar-refractivity contribution in [2.45, 2.75) is 40.2 Å². The van der Waals surface area contributed by atoms with Crippen LogP contribution in [0.3, 0.4) is 0 Å². The lowest BCUT2D eigenvalue weighted by Gasteiger charge is -2.15. The number of thiophene rings is 1. The van der Waals surface area contributed by atoms with Crippen molar-refractivity contribution < 1.29 is 4.79 Å². The molecule has 0 aliphatic rings. The number of carbonyl (C=O) groups excluding carboxylic acids is 1. The van der Waals surface area contributed by atoms with Crippen molar-refractivity contribution in [3.8, 4) is 0 Å². The van der Waals surface area contributed by atoms with Crippen LogP contribution >= 0.6 is 11.3 Å². The molecule has 1 aromatic heterocycles. The van der Waals surface area contributed by atoms with Crippen molar-refractivity contribution in [3.05, 3.63) is 21.4 Å². The van der Waals surface area contributed by atoms with Crippen molar-refractivity contribution in [2.24, 2.45) is 11.7 Å². The molecule has 3 N–H and O–H groups in total. The van der Waals surface area contributed by atoms with Crippen LogP contribution in [0.25, 0.3) is 0 Å². The molecule has 0 aromatic carbocycles. The third-order valence-corrected chi connectivity index (χ3v) is 3.84. The van der Waals surface area contributed by atoms with Gasteiger partial charge in [-0.3, -0.25) is 4.79 Å². The summed E-state index contributed by atoms with van der Waals surface area (Å²) >= 11 is 1.77. The summed E-state index contributed by atoms with van der Waals surface area (Å²) in [5.74, 6) is 0.325. The summed E-state index contributed by atoms with van der Waals surface area (Å²) < 4.78 is 0. The summed E-state index contributed by atoms with van der Waals surface area (Å²) in [6.45, 7) is 8.76. The Bertz CT molecular complexity index is 387. The van der Waals surface area contributed by atoms with E-state index in [-0.39, 0.29) is 17.9 Å². The molecule has 0 aliphatic heterocycles. The normalized spacial score (nSPS) is 14.4. The van der Waals surface area contributed by atoms with Crippen LogP contribution in [0.5, 0.6) is 0 Å². The summed E-state index contributed by atoms with van der Waals surface area (Å²) in [6, 6.07) is 2.23. The fourth-order valence-corrected chi connectivity index (χ4v) is 2.88. The lowest BCUT2D eigenvalue weighted by atomic mass is 10.1. The zero-order valence-electron chi connectivity index (χ0n) is 11.0. The van der Waals surface area contributed by atoms with E-state index in [0.717, 1.165) is 0 Å². The van der Waals surface area contributed by atoms with Gasteiger partial charge in [-0.05, 0) is 44.9 Å². The van der Waals surface area contributed by atoms with Crippen molar-refractivity contribution >= 4 is 17.2 Å². The van der Waals surface area contributed by atoms with Crippen LogP contribution in [-0.2, 0) is 4.79 Å². The summed E-state index contributed by atoms with van der Waals surface area (Å²) in [7, 11) is 0. The van der Waals surface area contributed by atoms with E-state index in [2.05, 4.69) is 25.2 Å². The Morgan fingerprint density at radius 1 is 1.47 bits per heavy atom. The summed E-state index contributed by atoms with van der Waals surface area (Å²) in [5.41, 5.74) is 6.73. The minimum absolute atomic E-state index is 0.0809. The first-order chi connectivity index (χ1) is 7.93. The first kappa shape index (κ1) is 14.2. The van der Waals surface area contributed by atoms with Crippen LogP contribution in [0.4, 0.5) is 0 Å². The molecule has 96 valence electrons. The number of nitrogens with one attached hydrogen (secondary N) is 1. The highest BCUT2D eigenvalue weighted by Crippen LogP contribution is 2.26. The molecule has 0 fully saturated rings. The maximum atomic E-state index is 11.8. The predicted octanol–water partition coefficient (Wildman–Crippen LogP) is 2.53. The predicted molar refractivity (Wildman–Crippen MR) is 73.2 cm³/mol. The molecule has 3 nitrogen and oxygen atoms in total. The number of hydrogen-bond donors (Lipinski definition) is 2. The van der Waals surface area contributed by atoms with Crippen LogP contribution < -0.4 is 11.1 Å². The molecule has 2 unspecified atom stereocenters. The van der Waals surface area contributed by atoms with Gasteiger partial charge in [-0.1, -0.05) is 6.92 Å². The number of nitrogens with two attached hydrogens (primary N) is 1. The molecule has 4 heteroatoms. The van der Waals surface area contributed by atoms with Gasteiger partial charge in [-0.25, -0.2) is 0 Å². The topological polar surface area (TPSA) is 55.1 Å². The molecule has 1 heterocycles. The van der Waals surface area contributed by atoms with Gasteiger partial charge in [0, 0.05) is 16.2 Å².